The molecular weight excluding hydrogens is 348 g/mol. The van der Waals surface area contributed by atoms with Gasteiger partial charge in [-0.2, -0.15) is 0 Å². The van der Waals surface area contributed by atoms with Crippen molar-refractivity contribution in [3.05, 3.63) is 29.8 Å². The Morgan fingerprint density at radius 2 is 1.93 bits per heavy atom. The lowest BCUT2D eigenvalue weighted by atomic mass is 10.0. The van der Waals surface area contributed by atoms with Gasteiger partial charge in [0.25, 0.3) is 0 Å². The molecule has 0 aromatic heterocycles. The Bertz CT molecular complexity index is 662. The van der Waals surface area contributed by atoms with Gasteiger partial charge in [0.1, 0.15) is 5.75 Å². The van der Waals surface area contributed by atoms with Crippen LogP contribution >= 0.6 is 0 Å². The molecule has 0 bridgehead atoms. The second-order valence-corrected chi connectivity index (χ2v) is 7.03. The summed E-state index contributed by atoms with van der Waals surface area (Å²) < 4.78 is 16.6. The number of hydrogen-bond donors (Lipinski definition) is 0. The summed E-state index contributed by atoms with van der Waals surface area (Å²) in [4.78, 5) is 28.1. The van der Waals surface area contributed by atoms with Crippen LogP contribution in [0.5, 0.6) is 5.75 Å². The number of methoxy groups -OCH3 is 1. The van der Waals surface area contributed by atoms with Crippen LogP contribution in [0.25, 0.3) is 0 Å². The van der Waals surface area contributed by atoms with E-state index >= 15 is 0 Å². The Morgan fingerprint density at radius 3 is 2.56 bits per heavy atom. The Kier molecular flexibility index (Phi) is 6.34. The number of benzene rings is 1. The Hall–Kier alpha value is -2.12. The minimum Gasteiger partial charge on any atom is -0.497 e. The molecule has 2 aliphatic heterocycles. The summed E-state index contributed by atoms with van der Waals surface area (Å²) in [6.45, 7) is 4.55. The first-order valence-electron chi connectivity index (χ1n) is 9.45. The van der Waals surface area contributed by atoms with Gasteiger partial charge in [-0.05, 0) is 24.1 Å². The van der Waals surface area contributed by atoms with Crippen molar-refractivity contribution in [2.24, 2.45) is 0 Å². The van der Waals surface area contributed by atoms with E-state index < -0.39 is 5.79 Å². The molecule has 1 aromatic carbocycles. The molecule has 0 atom stereocenters. The fraction of sp³-hybridized carbons (Fsp3) is 0.600. The highest BCUT2D eigenvalue weighted by Gasteiger charge is 2.40. The van der Waals surface area contributed by atoms with E-state index in [-0.39, 0.29) is 18.4 Å². The van der Waals surface area contributed by atoms with Crippen molar-refractivity contribution in [3.63, 3.8) is 0 Å². The summed E-state index contributed by atoms with van der Waals surface area (Å²) >= 11 is 0. The number of hydrogen-bond acceptors (Lipinski definition) is 5. The number of amides is 2. The quantitative estimate of drug-likeness (QED) is 0.752. The average molecular weight is 376 g/mol. The van der Waals surface area contributed by atoms with Crippen molar-refractivity contribution < 1.29 is 23.8 Å². The third kappa shape index (κ3) is 4.99. The number of nitrogens with zero attached hydrogens (tertiary/aromatic N) is 2. The summed E-state index contributed by atoms with van der Waals surface area (Å²) in [6, 6.07) is 7.75. The van der Waals surface area contributed by atoms with E-state index in [1.54, 1.807) is 16.9 Å². The lowest BCUT2D eigenvalue weighted by molar-refractivity contribution is -0.187. The van der Waals surface area contributed by atoms with Crippen LogP contribution in [-0.2, 0) is 25.5 Å². The first-order chi connectivity index (χ1) is 13.0. The molecule has 2 amide bonds. The van der Waals surface area contributed by atoms with E-state index in [0.29, 0.717) is 52.1 Å². The number of carbonyl (C=O) groups is 2. The summed E-state index contributed by atoms with van der Waals surface area (Å²) in [5.74, 6) is 0.172. The van der Waals surface area contributed by atoms with Crippen molar-refractivity contribution in [2.75, 3.05) is 46.5 Å². The summed E-state index contributed by atoms with van der Waals surface area (Å²) in [7, 11) is 1.63. The number of rotatable bonds is 6. The molecule has 2 aliphatic rings. The lowest BCUT2D eigenvalue weighted by Gasteiger charge is -2.38. The second-order valence-electron chi connectivity index (χ2n) is 7.03. The number of likely N-dealkylation sites (tertiary alicyclic amines) is 1. The maximum Gasteiger partial charge on any atom is 0.242 e. The maximum atomic E-state index is 12.7. The van der Waals surface area contributed by atoms with Crippen LogP contribution in [0, 0.1) is 0 Å². The average Bonchev–Trinajstić information content (AvgIpc) is 3.13. The molecule has 0 unspecified atom stereocenters. The van der Waals surface area contributed by atoms with Crippen molar-refractivity contribution in [1.82, 2.24) is 9.80 Å². The van der Waals surface area contributed by atoms with E-state index in [2.05, 4.69) is 0 Å². The zero-order valence-corrected chi connectivity index (χ0v) is 16.1. The third-order valence-electron chi connectivity index (χ3n) is 5.27. The van der Waals surface area contributed by atoms with Gasteiger partial charge in [-0.1, -0.05) is 12.1 Å². The molecule has 148 valence electrons. The first kappa shape index (κ1) is 19.6. The van der Waals surface area contributed by atoms with Crippen molar-refractivity contribution >= 4 is 11.8 Å². The molecule has 2 saturated heterocycles. The van der Waals surface area contributed by atoms with E-state index in [4.69, 9.17) is 14.2 Å². The molecule has 0 saturated carbocycles. The molecule has 0 aliphatic carbocycles. The number of piperidine rings is 1. The smallest absolute Gasteiger partial charge is 0.242 e. The van der Waals surface area contributed by atoms with Gasteiger partial charge in [0.15, 0.2) is 5.79 Å². The van der Waals surface area contributed by atoms with Crippen LogP contribution in [0.1, 0.15) is 25.3 Å². The van der Waals surface area contributed by atoms with Crippen LogP contribution in [-0.4, -0.2) is 73.9 Å². The fourth-order valence-corrected chi connectivity index (χ4v) is 3.59. The highest BCUT2D eigenvalue weighted by atomic mass is 16.7. The monoisotopic (exact) mass is 376 g/mol. The zero-order valence-electron chi connectivity index (χ0n) is 16.1. The highest BCUT2D eigenvalue weighted by molar-refractivity contribution is 5.84. The SMILES string of the molecule is COc1cccc(CCN(CC(=O)N2CCC3(CC2)OCCO3)C(C)=O)c1. The van der Waals surface area contributed by atoms with E-state index in [0.717, 1.165) is 11.3 Å². The van der Waals surface area contributed by atoms with Crippen molar-refractivity contribution in [3.8, 4) is 5.75 Å². The van der Waals surface area contributed by atoms with Gasteiger partial charge in [-0.25, -0.2) is 0 Å². The topological polar surface area (TPSA) is 68.3 Å². The number of carbonyl (C=O) groups excluding carboxylic acids is 2. The summed E-state index contributed by atoms with van der Waals surface area (Å²) in [5.41, 5.74) is 1.07. The normalized spacial score (nSPS) is 18.5. The van der Waals surface area contributed by atoms with Gasteiger partial charge in [-0.15, -0.1) is 0 Å². The molecule has 2 fully saturated rings. The minimum atomic E-state index is -0.497. The Morgan fingerprint density at radius 1 is 1.22 bits per heavy atom. The summed E-state index contributed by atoms with van der Waals surface area (Å²) in [5, 5.41) is 0. The van der Waals surface area contributed by atoms with Gasteiger partial charge in [0.05, 0.1) is 26.9 Å². The van der Waals surface area contributed by atoms with E-state index in [1.807, 2.05) is 24.3 Å². The zero-order chi connectivity index (χ0) is 19.3. The predicted octanol–water partition coefficient (Wildman–Crippen LogP) is 1.45. The molecule has 27 heavy (non-hydrogen) atoms. The second kappa shape index (κ2) is 8.71. The van der Waals surface area contributed by atoms with E-state index in [9.17, 15) is 9.59 Å². The molecule has 0 radical (unpaired) electrons. The van der Waals surface area contributed by atoms with Crippen LogP contribution < -0.4 is 4.74 Å². The minimum absolute atomic E-state index is 0.0244. The standard InChI is InChI=1S/C20H28N2O5/c1-16(23)22(9-6-17-4-3-5-18(14-17)25-2)15-19(24)21-10-7-20(8-11-21)26-12-13-27-20/h3-5,14H,6-13,15H2,1-2H3. The van der Waals surface area contributed by atoms with Crippen LogP contribution in [0.4, 0.5) is 0 Å². The molecule has 3 rings (SSSR count). The van der Waals surface area contributed by atoms with Crippen LogP contribution in [0.15, 0.2) is 24.3 Å². The van der Waals surface area contributed by atoms with Crippen LogP contribution in [0.3, 0.4) is 0 Å². The largest absolute Gasteiger partial charge is 0.497 e. The Balaban J connectivity index is 1.51. The van der Waals surface area contributed by atoms with Crippen molar-refractivity contribution in [2.45, 2.75) is 32.0 Å². The highest BCUT2D eigenvalue weighted by Crippen LogP contribution is 2.31. The van der Waals surface area contributed by atoms with Crippen molar-refractivity contribution in [1.29, 1.82) is 0 Å². The van der Waals surface area contributed by atoms with Gasteiger partial charge >= 0.3 is 0 Å². The molecule has 1 spiro atoms. The predicted molar refractivity (Wildman–Crippen MR) is 99.4 cm³/mol. The number of ether oxygens (including phenoxy) is 3. The summed E-state index contributed by atoms with van der Waals surface area (Å²) in [6.07, 6.45) is 2.04. The maximum absolute atomic E-state index is 12.7. The molecule has 0 N–H and O–H groups in total. The molecule has 2 heterocycles. The van der Waals surface area contributed by atoms with Gasteiger partial charge in [-0.3, -0.25) is 9.59 Å². The van der Waals surface area contributed by atoms with Gasteiger partial charge < -0.3 is 24.0 Å². The molecular formula is C20H28N2O5. The van der Waals surface area contributed by atoms with Gasteiger partial charge in [0.2, 0.25) is 11.8 Å². The van der Waals surface area contributed by atoms with Gasteiger partial charge in [0, 0.05) is 39.4 Å². The van der Waals surface area contributed by atoms with E-state index in [1.165, 1.54) is 6.92 Å². The molecule has 7 nitrogen and oxygen atoms in total. The Labute approximate surface area is 160 Å². The molecule has 7 heteroatoms. The first-order valence-corrected chi connectivity index (χ1v) is 9.45. The third-order valence-corrected chi connectivity index (χ3v) is 5.27. The lowest BCUT2D eigenvalue weighted by Crippen LogP contribution is -2.50. The fourth-order valence-electron chi connectivity index (χ4n) is 3.59. The van der Waals surface area contributed by atoms with Crippen LogP contribution in [0.2, 0.25) is 0 Å². The molecule has 1 aromatic rings.